The Morgan fingerprint density at radius 3 is 2.23 bits per heavy atom. The van der Waals surface area contributed by atoms with Crippen LogP contribution in [0.2, 0.25) is 0 Å². The van der Waals surface area contributed by atoms with E-state index in [2.05, 4.69) is 17.4 Å². The summed E-state index contributed by atoms with van der Waals surface area (Å²) in [6, 6.07) is 17.4. The fourth-order valence-electron chi connectivity index (χ4n) is 3.79. The normalized spacial score (nSPS) is 16.2. The van der Waals surface area contributed by atoms with Crippen molar-refractivity contribution in [2.45, 2.75) is 62.8 Å². The van der Waals surface area contributed by atoms with Crippen LogP contribution in [-0.2, 0) is 27.7 Å². The Morgan fingerprint density at radius 2 is 1.57 bits per heavy atom. The molecule has 0 saturated carbocycles. The molecule has 1 heterocycles. The van der Waals surface area contributed by atoms with E-state index in [0.717, 1.165) is 37.7 Å². The minimum atomic E-state index is -3.40. The van der Waals surface area contributed by atoms with Crippen molar-refractivity contribution in [3.8, 4) is 0 Å². The molecule has 1 aliphatic heterocycles. The number of nitrogens with one attached hydrogen (secondary N) is 1. The van der Waals surface area contributed by atoms with Crippen LogP contribution >= 0.6 is 0 Å². The molecule has 0 spiro atoms. The summed E-state index contributed by atoms with van der Waals surface area (Å²) in [5.41, 5.74) is 2.25. The number of nitrogens with zero attached hydrogens (tertiary/aromatic N) is 1. The third kappa shape index (κ3) is 6.41. The average molecular weight is 429 g/mol. The second-order valence-electron chi connectivity index (χ2n) is 8.10. The monoisotopic (exact) mass is 428 g/mol. The van der Waals surface area contributed by atoms with Crippen LogP contribution in [0, 0.1) is 0 Å². The Bertz CT molecular complexity index is 905. The number of rotatable bonds is 9. The molecule has 2 aromatic rings. The summed E-state index contributed by atoms with van der Waals surface area (Å²) in [5.74, 6) is 0.0283. The third-order valence-corrected chi connectivity index (χ3v) is 7.55. The molecule has 6 heteroatoms. The number of amides is 1. The van der Waals surface area contributed by atoms with Gasteiger partial charge in [0.25, 0.3) is 0 Å². The fourth-order valence-corrected chi connectivity index (χ4v) is 5.30. The van der Waals surface area contributed by atoms with Gasteiger partial charge in [0.15, 0.2) is 0 Å². The number of hydrogen-bond acceptors (Lipinski definition) is 3. The average Bonchev–Trinajstić information content (AvgIpc) is 2.78. The zero-order valence-electron chi connectivity index (χ0n) is 17.7. The van der Waals surface area contributed by atoms with E-state index in [1.807, 2.05) is 37.3 Å². The first-order valence-electron chi connectivity index (χ1n) is 10.9. The Hall–Kier alpha value is -2.18. The summed E-state index contributed by atoms with van der Waals surface area (Å²) in [6.07, 6.45) is 5.79. The number of hydrogen-bond donors (Lipinski definition) is 1. The highest BCUT2D eigenvalue weighted by molar-refractivity contribution is 7.89. The molecule has 30 heavy (non-hydrogen) atoms. The number of piperidine rings is 1. The second kappa shape index (κ2) is 10.7. The summed E-state index contributed by atoms with van der Waals surface area (Å²) in [5, 5.41) is 3.06. The van der Waals surface area contributed by atoms with Gasteiger partial charge in [-0.05, 0) is 62.3 Å². The molecule has 162 valence electrons. The third-order valence-electron chi connectivity index (χ3n) is 5.63. The largest absolute Gasteiger partial charge is 0.354 e. The van der Waals surface area contributed by atoms with Crippen LogP contribution in [-0.4, -0.2) is 37.8 Å². The minimum absolute atomic E-state index is 0.0283. The molecule has 1 N–H and O–H groups in total. The van der Waals surface area contributed by atoms with Gasteiger partial charge in [-0.3, -0.25) is 4.79 Å². The molecule has 1 amide bonds. The number of aryl methyl sites for hydroxylation is 2. The molecule has 0 radical (unpaired) electrons. The van der Waals surface area contributed by atoms with Gasteiger partial charge >= 0.3 is 0 Å². The number of carbonyl (C=O) groups is 1. The lowest BCUT2D eigenvalue weighted by Gasteiger charge is -2.25. The lowest BCUT2D eigenvalue weighted by Crippen LogP contribution is -2.35. The Balaban J connectivity index is 1.44. The van der Waals surface area contributed by atoms with Crippen LogP contribution in [0.15, 0.2) is 59.5 Å². The molecule has 1 fully saturated rings. The van der Waals surface area contributed by atoms with Gasteiger partial charge in [-0.25, -0.2) is 8.42 Å². The van der Waals surface area contributed by atoms with Crippen molar-refractivity contribution >= 4 is 15.9 Å². The van der Waals surface area contributed by atoms with E-state index in [4.69, 9.17) is 0 Å². The number of benzene rings is 2. The lowest BCUT2D eigenvalue weighted by atomic mass is 10.1. The van der Waals surface area contributed by atoms with Gasteiger partial charge in [0.05, 0.1) is 4.90 Å². The zero-order valence-corrected chi connectivity index (χ0v) is 18.5. The summed E-state index contributed by atoms with van der Waals surface area (Å²) >= 11 is 0. The van der Waals surface area contributed by atoms with E-state index in [9.17, 15) is 13.2 Å². The maximum atomic E-state index is 12.7. The SMILES string of the molecule is CC(CCc1ccccc1)NC(=O)CCc1ccc(S(=O)(=O)N2CCCCC2)cc1. The van der Waals surface area contributed by atoms with Crippen molar-refractivity contribution in [3.63, 3.8) is 0 Å². The van der Waals surface area contributed by atoms with Crippen molar-refractivity contribution in [1.29, 1.82) is 0 Å². The zero-order chi connectivity index (χ0) is 21.4. The highest BCUT2D eigenvalue weighted by Crippen LogP contribution is 2.21. The van der Waals surface area contributed by atoms with Crippen LogP contribution in [0.3, 0.4) is 0 Å². The van der Waals surface area contributed by atoms with Crippen LogP contribution in [0.1, 0.15) is 50.2 Å². The van der Waals surface area contributed by atoms with Crippen molar-refractivity contribution < 1.29 is 13.2 Å². The minimum Gasteiger partial charge on any atom is -0.354 e. The number of sulfonamides is 1. The predicted molar refractivity (Wildman–Crippen MR) is 120 cm³/mol. The molecule has 0 aromatic heterocycles. The molecule has 2 aromatic carbocycles. The van der Waals surface area contributed by atoms with Crippen molar-refractivity contribution in [3.05, 3.63) is 65.7 Å². The number of carbonyl (C=O) groups excluding carboxylic acids is 1. The van der Waals surface area contributed by atoms with Crippen LogP contribution in [0.25, 0.3) is 0 Å². The van der Waals surface area contributed by atoms with Gasteiger partial charge in [0.2, 0.25) is 15.9 Å². The van der Waals surface area contributed by atoms with E-state index in [-0.39, 0.29) is 11.9 Å². The smallest absolute Gasteiger partial charge is 0.243 e. The molecule has 3 rings (SSSR count). The van der Waals surface area contributed by atoms with E-state index < -0.39 is 10.0 Å². The van der Waals surface area contributed by atoms with Gasteiger partial charge in [-0.2, -0.15) is 4.31 Å². The summed E-state index contributed by atoms with van der Waals surface area (Å²) in [6.45, 7) is 3.24. The Kier molecular flexibility index (Phi) is 8.05. The van der Waals surface area contributed by atoms with E-state index in [0.29, 0.717) is 30.8 Å². The molecule has 0 bridgehead atoms. The van der Waals surface area contributed by atoms with Crippen LogP contribution in [0.4, 0.5) is 0 Å². The topological polar surface area (TPSA) is 66.5 Å². The Morgan fingerprint density at radius 1 is 0.933 bits per heavy atom. The molecule has 1 atom stereocenters. The molecule has 1 unspecified atom stereocenters. The van der Waals surface area contributed by atoms with Crippen LogP contribution < -0.4 is 5.32 Å². The highest BCUT2D eigenvalue weighted by Gasteiger charge is 2.25. The van der Waals surface area contributed by atoms with Crippen molar-refractivity contribution in [2.24, 2.45) is 0 Å². The van der Waals surface area contributed by atoms with Gasteiger partial charge in [0.1, 0.15) is 0 Å². The second-order valence-corrected chi connectivity index (χ2v) is 10.0. The maximum Gasteiger partial charge on any atom is 0.243 e. The quantitative estimate of drug-likeness (QED) is 0.658. The highest BCUT2D eigenvalue weighted by atomic mass is 32.2. The van der Waals surface area contributed by atoms with Crippen molar-refractivity contribution in [1.82, 2.24) is 9.62 Å². The molecular formula is C24H32N2O3S. The maximum absolute atomic E-state index is 12.7. The van der Waals surface area contributed by atoms with Gasteiger partial charge < -0.3 is 5.32 Å². The standard InChI is InChI=1S/C24H32N2O3S/c1-20(10-11-21-8-4-2-5-9-21)25-24(27)17-14-22-12-15-23(16-13-22)30(28,29)26-18-6-3-7-19-26/h2,4-5,8-9,12-13,15-16,20H,3,6-7,10-11,14,17-19H2,1H3,(H,25,27). The van der Waals surface area contributed by atoms with Gasteiger partial charge in [0, 0.05) is 25.6 Å². The van der Waals surface area contributed by atoms with E-state index in [1.54, 1.807) is 16.4 Å². The lowest BCUT2D eigenvalue weighted by molar-refractivity contribution is -0.121. The van der Waals surface area contributed by atoms with E-state index in [1.165, 1.54) is 5.56 Å². The molecule has 0 aliphatic carbocycles. The molecule has 1 aliphatic rings. The van der Waals surface area contributed by atoms with E-state index >= 15 is 0 Å². The predicted octanol–water partition coefficient (Wildman–Crippen LogP) is 3.93. The molecule has 1 saturated heterocycles. The summed E-state index contributed by atoms with van der Waals surface area (Å²) < 4.78 is 27.0. The molecule has 5 nitrogen and oxygen atoms in total. The van der Waals surface area contributed by atoms with Crippen LogP contribution in [0.5, 0.6) is 0 Å². The summed E-state index contributed by atoms with van der Waals surface area (Å²) in [4.78, 5) is 12.6. The molecular weight excluding hydrogens is 396 g/mol. The first-order valence-corrected chi connectivity index (χ1v) is 12.3. The first kappa shape index (κ1) is 22.5. The first-order chi connectivity index (χ1) is 14.4. The summed E-state index contributed by atoms with van der Waals surface area (Å²) in [7, 11) is -3.40. The van der Waals surface area contributed by atoms with Gasteiger partial charge in [-0.15, -0.1) is 0 Å². The van der Waals surface area contributed by atoms with Crippen molar-refractivity contribution in [2.75, 3.05) is 13.1 Å². The fraction of sp³-hybridized carbons (Fsp3) is 0.458. The Labute approximate surface area is 180 Å². The van der Waals surface area contributed by atoms with Gasteiger partial charge in [-0.1, -0.05) is 48.9 Å².